The first-order valence-electron chi connectivity index (χ1n) is 5.74. The Morgan fingerprint density at radius 3 is 2.82 bits per heavy atom. The largest absolute Gasteiger partial charge is 0.461 e. The van der Waals surface area contributed by atoms with Crippen molar-refractivity contribution < 1.29 is 14.6 Å². The molecule has 17 heavy (non-hydrogen) atoms. The van der Waals surface area contributed by atoms with Crippen LogP contribution >= 0.6 is 0 Å². The highest BCUT2D eigenvalue weighted by atomic mass is 16.5. The third-order valence-electron chi connectivity index (χ3n) is 2.25. The van der Waals surface area contributed by atoms with Gasteiger partial charge in [-0.15, -0.1) is 5.10 Å². The molecule has 96 valence electrons. The zero-order valence-electron chi connectivity index (χ0n) is 10.5. The van der Waals surface area contributed by atoms with Gasteiger partial charge in [-0.1, -0.05) is 19.1 Å². The van der Waals surface area contributed by atoms with Gasteiger partial charge in [0.25, 0.3) is 0 Å². The zero-order valence-corrected chi connectivity index (χ0v) is 10.5. The van der Waals surface area contributed by atoms with Gasteiger partial charge in [0.05, 0.1) is 12.3 Å². The molecule has 0 saturated carbocycles. The van der Waals surface area contributed by atoms with E-state index >= 15 is 0 Å². The number of aryl methyl sites for hydroxylation is 1. The number of carbonyl (C=O) groups excluding carboxylic acids is 1. The number of hydrogen-bond donors (Lipinski definition) is 1. The molecule has 0 fully saturated rings. The first-order valence-corrected chi connectivity index (χ1v) is 5.74. The maximum atomic E-state index is 11.7. The van der Waals surface area contributed by atoms with Crippen molar-refractivity contribution in [2.45, 2.75) is 33.7 Å². The summed E-state index contributed by atoms with van der Waals surface area (Å²) in [6.07, 6.45) is 0.588. The molecule has 0 aliphatic heterocycles. The molecule has 1 heterocycles. The van der Waals surface area contributed by atoms with E-state index in [1.54, 1.807) is 11.6 Å². The molecule has 0 saturated heterocycles. The fraction of sp³-hybridized carbons (Fsp3) is 0.727. The van der Waals surface area contributed by atoms with E-state index in [1.807, 2.05) is 13.8 Å². The fourth-order valence-corrected chi connectivity index (χ4v) is 1.29. The molecule has 0 unspecified atom stereocenters. The third-order valence-corrected chi connectivity index (χ3v) is 2.25. The smallest absolute Gasteiger partial charge is 0.360 e. The van der Waals surface area contributed by atoms with Crippen molar-refractivity contribution in [2.24, 2.45) is 5.92 Å². The van der Waals surface area contributed by atoms with Crippen molar-refractivity contribution >= 4 is 5.97 Å². The minimum Gasteiger partial charge on any atom is -0.461 e. The number of carbonyl (C=O) groups is 1. The number of aliphatic hydroxyl groups is 1. The summed E-state index contributed by atoms with van der Waals surface area (Å²) >= 11 is 0. The monoisotopic (exact) mass is 241 g/mol. The van der Waals surface area contributed by atoms with Gasteiger partial charge in [-0.25, -0.2) is 9.48 Å². The molecule has 1 aromatic heterocycles. The second-order valence-electron chi connectivity index (χ2n) is 4.32. The summed E-state index contributed by atoms with van der Waals surface area (Å²) in [6.45, 7) is 6.72. The Bertz CT molecular complexity index is 374. The van der Waals surface area contributed by atoms with Crippen molar-refractivity contribution in [1.82, 2.24) is 15.0 Å². The average Bonchev–Trinajstić information content (AvgIpc) is 2.65. The molecule has 0 bridgehead atoms. The number of nitrogens with zero attached hydrogens (tertiary/aromatic N) is 3. The van der Waals surface area contributed by atoms with E-state index in [9.17, 15) is 4.79 Å². The van der Waals surface area contributed by atoms with Crippen LogP contribution in [0.25, 0.3) is 0 Å². The Hall–Kier alpha value is -1.43. The van der Waals surface area contributed by atoms with Crippen LogP contribution in [0, 0.1) is 12.8 Å². The summed E-state index contributed by atoms with van der Waals surface area (Å²) in [5.74, 6) is -0.143. The number of aliphatic hydroxyl groups excluding tert-OH is 1. The first kappa shape index (κ1) is 13.6. The van der Waals surface area contributed by atoms with Gasteiger partial charge < -0.3 is 9.84 Å². The normalized spacial score (nSPS) is 10.9. The molecule has 1 N–H and O–H groups in total. The van der Waals surface area contributed by atoms with E-state index in [2.05, 4.69) is 10.3 Å². The molecule has 0 atom stereocenters. The maximum absolute atomic E-state index is 11.7. The Morgan fingerprint density at radius 2 is 2.24 bits per heavy atom. The van der Waals surface area contributed by atoms with E-state index in [4.69, 9.17) is 9.84 Å². The van der Waals surface area contributed by atoms with Crippen LogP contribution in [-0.4, -0.2) is 39.3 Å². The van der Waals surface area contributed by atoms with Crippen molar-refractivity contribution in [3.8, 4) is 0 Å². The third kappa shape index (κ3) is 3.81. The number of aromatic nitrogens is 3. The highest BCUT2D eigenvalue weighted by Gasteiger charge is 2.17. The topological polar surface area (TPSA) is 77.2 Å². The zero-order chi connectivity index (χ0) is 12.8. The molecular formula is C11H19N3O3. The molecule has 0 aliphatic carbocycles. The second kappa shape index (κ2) is 6.34. The molecule has 1 aromatic rings. The molecule has 0 aromatic carbocycles. The number of rotatable bonds is 6. The van der Waals surface area contributed by atoms with E-state index in [0.29, 0.717) is 31.2 Å². The van der Waals surface area contributed by atoms with Gasteiger partial charge in [-0.05, 0) is 19.3 Å². The van der Waals surface area contributed by atoms with Crippen LogP contribution in [-0.2, 0) is 11.3 Å². The highest BCUT2D eigenvalue weighted by Crippen LogP contribution is 2.07. The Morgan fingerprint density at radius 1 is 1.53 bits per heavy atom. The number of hydrogen-bond acceptors (Lipinski definition) is 5. The van der Waals surface area contributed by atoms with Gasteiger partial charge in [0.2, 0.25) is 0 Å². The van der Waals surface area contributed by atoms with Gasteiger partial charge in [0, 0.05) is 13.2 Å². The lowest BCUT2D eigenvalue weighted by Gasteiger charge is -2.06. The summed E-state index contributed by atoms with van der Waals surface area (Å²) in [5.41, 5.74) is 0.927. The molecule has 6 heteroatoms. The van der Waals surface area contributed by atoms with Crippen LogP contribution < -0.4 is 0 Å². The van der Waals surface area contributed by atoms with Gasteiger partial charge in [-0.3, -0.25) is 0 Å². The van der Waals surface area contributed by atoms with Gasteiger partial charge in [0.1, 0.15) is 0 Å². The average molecular weight is 241 g/mol. The number of ether oxygens (including phenoxy) is 1. The molecule has 0 amide bonds. The van der Waals surface area contributed by atoms with Crippen molar-refractivity contribution in [3.05, 3.63) is 11.4 Å². The molecule has 1 rings (SSSR count). The molecule has 6 nitrogen and oxygen atoms in total. The van der Waals surface area contributed by atoms with Crippen LogP contribution in [0.1, 0.15) is 36.5 Å². The first-order chi connectivity index (χ1) is 8.06. The highest BCUT2D eigenvalue weighted by molar-refractivity contribution is 5.88. The second-order valence-corrected chi connectivity index (χ2v) is 4.32. The van der Waals surface area contributed by atoms with Gasteiger partial charge in [0.15, 0.2) is 5.69 Å². The van der Waals surface area contributed by atoms with Crippen molar-refractivity contribution in [1.29, 1.82) is 0 Å². The lowest BCUT2D eigenvalue weighted by Crippen LogP contribution is -2.12. The van der Waals surface area contributed by atoms with E-state index in [-0.39, 0.29) is 12.3 Å². The van der Waals surface area contributed by atoms with Gasteiger partial charge in [-0.2, -0.15) is 0 Å². The van der Waals surface area contributed by atoms with Crippen LogP contribution in [0.5, 0.6) is 0 Å². The minimum absolute atomic E-state index is 0.0897. The lowest BCUT2D eigenvalue weighted by molar-refractivity contribution is 0.0451. The van der Waals surface area contributed by atoms with Crippen LogP contribution in [0.4, 0.5) is 0 Å². The summed E-state index contributed by atoms with van der Waals surface area (Å²) in [5, 5.41) is 16.4. The van der Waals surface area contributed by atoms with E-state index in [1.165, 1.54) is 0 Å². The summed E-state index contributed by atoms with van der Waals surface area (Å²) < 4.78 is 6.68. The summed E-state index contributed by atoms with van der Waals surface area (Å²) in [4.78, 5) is 11.7. The van der Waals surface area contributed by atoms with E-state index < -0.39 is 5.97 Å². The Labute approximate surface area is 101 Å². The lowest BCUT2D eigenvalue weighted by atomic mass is 10.2. The van der Waals surface area contributed by atoms with Crippen LogP contribution in [0.15, 0.2) is 0 Å². The Kier molecular flexibility index (Phi) is 5.09. The predicted octanol–water partition coefficient (Wildman–Crippen LogP) is 0.782. The van der Waals surface area contributed by atoms with Crippen molar-refractivity contribution in [2.75, 3.05) is 13.2 Å². The molecular weight excluding hydrogens is 222 g/mol. The van der Waals surface area contributed by atoms with Gasteiger partial charge >= 0.3 is 5.97 Å². The summed E-state index contributed by atoms with van der Waals surface area (Å²) in [6, 6.07) is 0. The van der Waals surface area contributed by atoms with E-state index in [0.717, 1.165) is 0 Å². The SMILES string of the molecule is Cc1c(C(=O)OCC(C)C)nnn1CCCO. The predicted molar refractivity (Wildman–Crippen MR) is 61.6 cm³/mol. The molecule has 0 radical (unpaired) electrons. The van der Waals surface area contributed by atoms with Crippen molar-refractivity contribution in [3.63, 3.8) is 0 Å². The maximum Gasteiger partial charge on any atom is 0.360 e. The Balaban J connectivity index is 2.64. The summed E-state index contributed by atoms with van der Waals surface area (Å²) in [7, 11) is 0. The molecule has 0 aliphatic rings. The van der Waals surface area contributed by atoms with Crippen LogP contribution in [0.2, 0.25) is 0 Å². The minimum atomic E-state index is -0.438. The quantitative estimate of drug-likeness (QED) is 0.745. The standard InChI is InChI=1S/C11H19N3O3/c1-8(2)7-17-11(16)10-9(3)14(13-12-10)5-4-6-15/h8,15H,4-7H2,1-3H3. The van der Waals surface area contributed by atoms with Crippen LogP contribution in [0.3, 0.4) is 0 Å². The fourth-order valence-electron chi connectivity index (χ4n) is 1.29. The molecule has 0 spiro atoms. The number of esters is 1.